The van der Waals surface area contributed by atoms with Crippen molar-refractivity contribution < 1.29 is 9.47 Å². The van der Waals surface area contributed by atoms with Gasteiger partial charge in [0.25, 0.3) is 0 Å². The maximum Gasteiger partial charge on any atom is 0.323 e. The number of rotatable bonds is 3. The molecule has 2 aromatic heterocycles. The van der Waals surface area contributed by atoms with Crippen LogP contribution < -0.4 is 10.5 Å². The summed E-state index contributed by atoms with van der Waals surface area (Å²) < 4.78 is 12.6. The highest BCUT2D eigenvalue weighted by Crippen LogP contribution is 2.15. The van der Waals surface area contributed by atoms with Crippen molar-refractivity contribution in [2.24, 2.45) is 0 Å². The molecule has 0 unspecified atom stereocenters. The van der Waals surface area contributed by atoms with Crippen molar-refractivity contribution in [3.8, 4) is 12.0 Å². The highest BCUT2D eigenvalue weighted by molar-refractivity contribution is 5.25. The monoisotopic (exact) mass is 262 g/mol. The van der Waals surface area contributed by atoms with Gasteiger partial charge in [-0.05, 0) is 0 Å². The summed E-state index contributed by atoms with van der Waals surface area (Å²) in [5.41, 5.74) is 5.67. The first-order valence-corrected chi connectivity index (χ1v) is 6.05. The number of nitrogens with zero attached hydrogens (tertiary/aromatic N) is 5. The molecule has 100 valence electrons. The van der Waals surface area contributed by atoms with Crippen LogP contribution in [-0.2, 0) is 4.74 Å². The zero-order chi connectivity index (χ0) is 13.1. The van der Waals surface area contributed by atoms with E-state index in [9.17, 15) is 0 Å². The molecule has 0 aliphatic carbocycles. The van der Waals surface area contributed by atoms with E-state index in [-0.39, 0.29) is 18.1 Å². The van der Waals surface area contributed by atoms with Gasteiger partial charge in [0.2, 0.25) is 11.9 Å². The zero-order valence-electron chi connectivity index (χ0n) is 10.3. The van der Waals surface area contributed by atoms with Gasteiger partial charge in [-0.3, -0.25) is 4.57 Å². The summed E-state index contributed by atoms with van der Waals surface area (Å²) in [6.45, 7) is 1.39. The standard InChI is InChI=1S/C11H14N6O2/c12-9-14-10(17-4-3-13-7-17)16-11(15-9)19-8-1-5-18-6-2-8/h3-4,7-8H,1-2,5-6H2,(H2,12,14,15,16). The minimum Gasteiger partial charge on any atom is -0.460 e. The van der Waals surface area contributed by atoms with Crippen LogP contribution in [-0.4, -0.2) is 43.8 Å². The molecule has 0 spiro atoms. The predicted molar refractivity (Wildman–Crippen MR) is 65.8 cm³/mol. The SMILES string of the molecule is Nc1nc(OC2CCOCC2)nc(-n2ccnc2)n1. The normalized spacial score (nSPS) is 16.4. The molecule has 3 rings (SSSR count). The van der Waals surface area contributed by atoms with Gasteiger partial charge in [0.05, 0.1) is 13.2 Å². The molecule has 1 aliphatic rings. The number of hydrogen-bond acceptors (Lipinski definition) is 7. The lowest BCUT2D eigenvalue weighted by molar-refractivity contribution is 0.0217. The number of ether oxygens (including phenoxy) is 2. The molecule has 1 aliphatic heterocycles. The Labute approximate surface area is 109 Å². The molecule has 1 saturated heterocycles. The first-order valence-electron chi connectivity index (χ1n) is 6.05. The minimum absolute atomic E-state index is 0.0613. The van der Waals surface area contributed by atoms with Gasteiger partial charge >= 0.3 is 6.01 Å². The van der Waals surface area contributed by atoms with E-state index in [1.165, 1.54) is 0 Å². The third-order valence-electron chi connectivity index (χ3n) is 2.80. The van der Waals surface area contributed by atoms with E-state index < -0.39 is 0 Å². The predicted octanol–water partition coefficient (Wildman–Crippen LogP) is 0.197. The van der Waals surface area contributed by atoms with Gasteiger partial charge in [-0.25, -0.2) is 4.98 Å². The maximum absolute atomic E-state index is 5.72. The number of hydrogen-bond donors (Lipinski definition) is 1. The van der Waals surface area contributed by atoms with Crippen molar-refractivity contribution in [2.45, 2.75) is 18.9 Å². The third-order valence-corrected chi connectivity index (χ3v) is 2.80. The van der Waals surface area contributed by atoms with Gasteiger partial charge in [-0.2, -0.15) is 15.0 Å². The molecule has 2 aromatic rings. The Balaban J connectivity index is 1.81. The Bertz CT molecular complexity index is 538. The molecule has 0 saturated carbocycles. The summed E-state index contributed by atoms with van der Waals surface area (Å²) in [6, 6.07) is 0.239. The average Bonchev–Trinajstić information content (AvgIpc) is 2.93. The molecule has 0 aromatic carbocycles. The smallest absolute Gasteiger partial charge is 0.323 e. The van der Waals surface area contributed by atoms with Crippen LogP contribution in [0.3, 0.4) is 0 Å². The van der Waals surface area contributed by atoms with E-state index in [4.69, 9.17) is 15.2 Å². The van der Waals surface area contributed by atoms with Crippen LogP contribution in [0.4, 0.5) is 5.95 Å². The summed E-state index contributed by atoms with van der Waals surface area (Å²) in [5, 5.41) is 0. The summed E-state index contributed by atoms with van der Waals surface area (Å²) in [4.78, 5) is 16.2. The number of nitrogen functional groups attached to an aromatic ring is 1. The van der Waals surface area contributed by atoms with Gasteiger partial charge in [0.1, 0.15) is 12.4 Å². The molecule has 8 heteroatoms. The Kier molecular flexibility index (Phi) is 3.23. The van der Waals surface area contributed by atoms with Crippen LogP contribution >= 0.6 is 0 Å². The summed E-state index contributed by atoms with van der Waals surface area (Å²) in [5.74, 6) is 0.521. The fraction of sp³-hybridized carbons (Fsp3) is 0.455. The van der Waals surface area contributed by atoms with Crippen LogP contribution in [0.5, 0.6) is 6.01 Å². The van der Waals surface area contributed by atoms with Gasteiger partial charge in [0, 0.05) is 25.2 Å². The second-order valence-corrected chi connectivity index (χ2v) is 4.18. The highest BCUT2D eigenvalue weighted by atomic mass is 16.5. The number of imidazole rings is 1. The molecule has 0 amide bonds. The van der Waals surface area contributed by atoms with E-state index in [2.05, 4.69) is 19.9 Å². The zero-order valence-corrected chi connectivity index (χ0v) is 10.3. The second kappa shape index (κ2) is 5.19. The molecule has 19 heavy (non-hydrogen) atoms. The Hall–Kier alpha value is -2.22. The van der Waals surface area contributed by atoms with E-state index in [1.807, 2.05) is 0 Å². The number of nitrogens with two attached hydrogens (primary N) is 1. The van der Waals surface area contributed by atoms with Crippen LogP contribution in [0.1, 0.15) is 12.8 Å². The Morgan fingerprint density at radius 2 is 2.11 bits per heavy atom. The fourth-order valence-electron chi connectivity index (χ4n) is 1.85. The van der Waals surface area contributed by atoms with Crippen molar-refractivity contribution in [2.75, 3.05) is 18.9 Å². The number of aromatic nitrogens is 5. The fourth-order valence-corrected chi connectivity index (χ4v) is 1.85. The maximum atomic E-state index is 5.72. The molecule has 2 N–H and O–H groups in total. The molecule has 0 radical (unpaired) electrons. The van der Waals surface area contributed by atoms with Gasteiger partial charge < -0.3 is 15.2 Å². The van der Waals surface area contributed by atoms with Crippen LogP contribution in [0.15, 0.2) is 18.7 Å². The van der Waals surface area contributed by atoms with E-state index in [1.54, 1.807) is 23.3 Å². The van der Waals surface area contributed by atoms with Crippen LogP contribution in [0, 0.1) is 0 Å². The summed E-state index contributed by atoms with van der Waals surface area (Å²) in [7, 11) is 0. The lowest BCUT2D eigenvalue weighted by atomic mass is 10.2. The molecule has 3 heterocycles. The molecule has 0 bridgehead atoms. The lowest BCUT2D eigenvalue weighted by Crippen LogP contribution is -2.27. The Morgan fingerprint density at radius 1 is 1.26 bits per heavy atom. The first-order chi connectivity index (χ1) is 9.31. The van der Waals surface area contributed by atoms with E-state index in [0.717, 1.165) is 12.8 Å². The molecule has 8 nitrogen and oxygen atoms in total. The molecular weight excluding hydrogens is 248 g/mol. The molecule has 1 fully saturated rings. The van der Waals surface area contributed by atoms with E-state index >= 15 is 0 Å². The minimum atomic E-state index is 0.0613. The lowest BCUT2D eigenvalue weighted by Gasteiger charge is -2.22. The summed E-state index contributed by atoms with van der Waals surface area (Å²) >= 11 is 0. The van der Waals surface area contributed by atoms with Crippen molar-refractivity contribution >= 4 is 5.95 Å². The summed E-state index contributed by atoms with van der Waals surface area (Å²) in [6.07, 6.45) is 6.67. The molecular formula is C11H14N6O2. The van der Waals surface area contributed by atoms with Gasteiger partial charge in [0.15, 0.2) is 0 Å². The quantitative estimate of drug-likeness (QED) is 0.842. The second-order valence-electron chi connectivity index (χ2n) is 4.18. The van der Waals surface area contributed by atoms with Crippen molar-refractivity contribution in [1.82, 2.24) is 24.5 Å². The average molecular weight is 262 g/mol. The van der Waals surface area contributed by atoms with Crippen LogP contribution in [0.25, 0.3) is 5.95 Å². The van der Waals surface area contributed by atoms with Crippen LogP contribution in [0.2, 0.25) is 0 Å². The highest BCUT2D eigenvalue weighted by Gasteiger charge is 2.17. The van der Waals surface area contributed by atoms with Crippen molar-refractivity contribution in [3.63, 3.8) is 0 Å². The van der Waals surface area contributed by atoms with Gasteiger partial charge in [-0.1, -0.05) is 0 Å². The van der Waals surface area contributed by atoms with Crippen molar-refractivity contribution in [3.05, 3.63) is 18.7 Å². The Morgan fingerprint density at radius 3 is 2.84 bits per heavy atom. The van der Waals surface area contributed by atoms with Crippen molar-refractivity contribution in [1.29, 1.82) is 0 Å². The largest absolute Gasteiger partial charge is 0.460 e. The van der Waals surface area contributed by atoms with Gasteiger partial charge in [-0.15, -0.1) is 0 Å². The number of anilines is 1. The first kappa shape index (κ1) is 11.8. The third kappa shape index (κ3) is 2.79. The van der Waals surface area contributed by atoms with E-state index in [0.29, 0.717) is 19.2 Å². The molecule has 0 atom stereocenters. The topological polar surface area (TPSA) is 101 Å².